The molecule has 0 spiro atoms. The quantitative estimate of drug-likeness (QED) is 0.878. The van der Waals surface area contributed by atoms with Crippen LogP contribution in [0, 0.1) is 5.92 Å². The molecule has 0 bridgehead atoms. The van der Waals surface area contributed by atoms with E-state index in [0.29, 0.717) is 18.1 Å². The minimum atomic E-state index is -0.933. The summed E-state index contributed by atoms with van der Waals surface area (Å²) < 4.78 is 5.50. The second kappa shape index (κ2) is 5.93. The Morgan fingerprint density at radius 1 is 1.47 bits per heavy atom. The lowest BCUT2D eigenvalue weighted by atomic mass is 9.96. The van der Waals surface area contributed by atoms with Gasteiger partial charge in [-0.15, -0.1) is 0 Å². The molecular weight excluding hydrogens is 270 g/mol. The van der Waals surface area contributed by atoms with Crippen molar-refractivity contribution < 1.29 is 19.4 Å². The predicted octanol–water partition coefficient (Wildman–Crippen LogP) is 1.48. The number of rotatable bonds is 4. The van der Waals surface area contributed by atoms with Crippen molar-refractivity contribution in [2.45, 2.75) is 12.8 Å². The molecule has 0 unspecified atom stereocenters. The lowest BCUT2D eigenvalue weighted by molar-refractivity contribution is -0.137. The van der Waals surface area contributed by atoms with Crippen LogP contribution in [0.3, 0.4) is 0 Å². The van der Waals surface area contributed by atoms with Gasteiger partial charge in [0.05, 0.1) is 12.3 Å². The first-order valence-corrected chi connectivity index (χ1v) is 6.35. The van der Waals surface area contributed by atoms with Gasteiger partial charge in [-0.3, -0.25) is 9.59 Å². The van der Waals surface area contributed by atoms with Crippen LogP contribution in [0.15, 0.2) is 18.2 Å². The van der Waals surface area contributed by atoms with Crippen LogP contribution < -0.4 is 10.1 Å². The number of benzene rings is 1. The van der Waals surface area contributed by atoms with Crippen molar-refractivity contribution in [1.82, 2.24) is 5.32 Å². The molecule has 2 rings (SSSR count). The highest BCUT2D eigenvalue weighted by Gasteiger charge is 2.25. The number of carboxylic acid groups (broad SMARTS) is 1. The molecule has 0 fully saturated rings. The SMILES string of the molecule is O=C(O)CCNC(=O)[C@H]1COc2ccc(Cl)cc2C1. The standard InChI is InChI=1S/C13H14ClNO4/c14-10-1-2-11-8(6-10)5-9(7-19-11)13(18)15-4-3-12(16)17/h1-2,6,9H,3-5,7H2,(H,15,18)(H,16,17)/t9-/m1/s1. The first-order valence-electron chi connectivity index (χ1n) is 5.97. The topological polar surface area (TPSA) is 75.6 Å². The Labute approximate surface area is 115 Å². The second-order valence-electron chi connectivity index (χ2n) is 4.40. The number of halogens is 1. The van der Waals surface area contributed by atoms with Gasteiger partial charge >= 0.3 is 5.97 Å². The maximum atomic E-state index is 11.9. The summed E-state index contributed by atoms with van der Waals surface area (Å²) in [7, 11) is 0. The van der Waals surface area contributed by atoms with E-state index < -0.39 is 5.97 Å². The maximum absolute atomic E-state index is 11.9. The van der Waals surface area contributed by atoms with Gasteiger partial charge in [0.2, 0.25) is 5.91 Å². The van der Waals surface area contributed by atoms with Gasteiger partial charge in [0.15, 0.2) is 0 Å². The van der Waals surface area contributed by atoms with Crippen LogP contribution in [0.1, 0.15) is 12.0 Å². The van der Waals surface area contributed by atoms with E-state index in [4.69, 9.17) is 21.4 Å². The van der Waals surface area contributed by atoms with Gasteiger partial charge in [0, 0.05) is 11.6 Å². The van der Waals surface area contributed by atoms with Gasteiger partial charge in [0.25, 0.3) is 0 Å². The lowest BCUT2D eigenvalue weighted by Crippen LogP contribution is -2.38. The molecule has 0 aliphatic carbocycles. The van der Waals surface area contributed by atoms with Crippen molar-refractivity contribution in [2.24, 2.45) is 5.92 Å². The Balaban J connectivity index is 1.93. The number of hydrogen-bond acceptors (Lipinski definition) is 3. The lowest BCUT2D eigenvalue weighted by Gasteiger charge is -2.24. The smallest absolute Gasteiger partial charge is 0.305 e. The summed E-state index contributed by atoms with van der Waals surface area (Å²) in [6, 6.07) is 5.32. The molecule has 1 aromatic rings. The number of aliphatic carboxylic acids is 1. The van der Waals surface area contributed by atoms with E-state index in [2.05, 4.69) is 5.32 Å². The van der Waals surface area contributed by atoms with Crippen molar-refractivity contribution in [2.75, 3.05) is 13.2 Å². The third-order valence-electron chi connectivity index (χ3n) is 2.94. The molecule has 1 atom stereocenters. The molecule has 2 N–H and O–H groups in total. The van der Waals surface area contributed by atoms with Crippen molar-refractivity contribution in [3.63, 3.8) is 0 Å². The second-order valence-corrected chi connectivity index (χ2v) is 4.84. The fourth-order valence-electron chi connectivity index (χ4n) is 1.97. The third kappa shape index (κ3) is 3.61. The molecule has 6 heteroatoms. The zero-order chi connectivity index (χ0) is 13.8. The summed E-state index contributed by atoms with van der Waals surface area (Å²) in [4.78, 5) is 22.2. The fraction of sp³-hybridized carbons (Fsp3) is 0.385. The van der Waals surface area contributed by atoms with Gasteiger partial charge in [-0.25, -0.2) is 0 Å². The number of carbonyl (C=O) groups excluding carboxylic acids is 1. The van der Waals surface area contributed by atoms with Gasteiger partial charge in [-0.2, -0.15) is 0 Å². The van der Waals surface area contributed by atoms with Crippen LogP contribution in [0.5, 0.6) is 5.75 Å². The van der Waals surface area contributed by atoms with Gasteiger partial charge in [0.1, 0.15) is 12.4 Å². The van der Waals surface area contributed by atoms with Gasteiger partial charge in [-0.1, -0.05) is 11.6 Å². The molecule has 1 aliphatic heterocycles. The average Bonchev–Trinajstić information content (AvgIpc) is 2.37. The summed E-state index contributed by atoms with van der Waals surface area (Å²) >= 11 is 5.90. The number of carbonyl (C=O) groups is 2. The van der Waals surface area contributed by atoms with E-state index in [0.717, 1.165) is 11.3 Å². The highest BCUT2D eigenvalue weighted by molar-refractivity contribution is 6.30. The van der Waals surface area contributed by atoms with E-state index in [-0.39, 0.29) is 24.8 Å². The minimum absolute atomic E-state index is 0.0816. The van der Waals surface area contributed by atoms with Crippen molar-refractivity contribution >= 4 is 23.5 Å². The molecule has 19 heavy (non-hydrogen) atoms. The van der Waals surface area contributed by atoms with Crippen LogP contribution >= 0.6 is 11.6 Å². The molecule has 102 valence electrons. The van der Waals surface area contributed by atoms with Crippen LogP contribution in [0.25, 0.3) is 0 Å². The number of ether oxygens (including phenoxy) is 1. The summed E-state index contributed by atoms with van der Waals surface area (Å²) in [5.74, 6) is -0.678. The van der Waals surface area contributed by atoms with Crippen molar-refractivity contribution in [3.05, 3.63) is 28.8 Å². The number of nitrogens with one attached hydrogen (secondary N) is 1. The first kappa shape index (κ1) is 13.7. The summed E-state index contributed by atoms with van der Waals surface area (Å²) in [6.45, 7) is 0.431. The molecular formula is C13H14ClNO4. The summed E-state index contributed by atoms with van der Waals surface area (Å²) in [6.07, 6.45) is 0.469. The zero-order valence-electron chi connectivity index (χ0n) is 10.2. The van der Waals surface area contributed by atoms with Crippen molar-refractivity contribution in [1.29, 1.82) is 0 Å². The fourth-order valence-corrected chi connectivity index (χ4v) is 2.16. The van der Waals surface area contributed by atoms with E-state index in [1.165, 1.54) is 0 Å². The number of carboxylic acids is 1. The van der Waals surface area contributed by atoms with E-state index in [1.54, 1.807) is 18.2 Å². The summed E-state index contributed by atoms with van der Waals surface area (Å²) in [5, 5.41) is 11.7. The van der Waals surface area contributed by atoms with Crippen molar-refractivity contribution in [3.8, 4) is 5.75 Å². The molecule has 0 saturated carbocycles. The Morgan fingerprint density at radius 3 is 3.00 bits per heavy atom. The molecule has 5 nitrogen and oxygen atoms in total. The monoisotopic (exact) mass is 283 g/mol. The van der Waals surface area contributed by atoms with Crippen LogP contribution in [0.4, 0.5) is 0 Å². The first-order chi connectivity index (χ1) is 9.06. The largest absolute Gasteiger partial charge is 0.492 e. The average molecular weight is 284 g/mol. The number of fused-ring (bicyclic) bond motifs is 1. The highest BCUT2D eigenvalue weighted by atomic mass is 35.5. The van der Waals surface area contributed by atoms with Crippen LogP contribution in [-0.2, 0) is 16.0 Å². The minimum Gasteiger partial charge on any atom is -0.492 e. The normalized spacial score (nSPS) is 17.2. The Bertz CT molecular complexity index is 503. The molecule has 0 radical (unpaired) electrons. The molecule has 1 heterocycles. The van der Waals surface area contributed by atoms with Gasteiger partial charge < -0.3 is 15.2 Å². The summed E-state index contributed by atoms with van der Waals surface area (Å²) in [5.41, 5.74) is 0.900. The molecule has 1 aromatic carbocycles. The zero-order valence-corrected chi connectivity index (χ0v) is 10.9. The van der Waals surface area contributed by atoms with Crippen LogP contribution in [-0.4, -0.2) is 30.1 Å². The van der Waals surface area contributed by atoms with Gasteiger partial charge in [-0.05, 0) is 30.2 Å². The van der Waals surface area contributed by atoms with Crippen LogP contribution in [0.2, 0.25) is 5.02 Å². The Morgan fingerprint density at radius 2 is 2.26 bits per heavy atom. The molecule has 1 amide bonds. The highest BCUT2D eigenvalue weighted by Crippen LogP contribution is 2.29. The Kier molecular flexibility index (Phi) is 4.27. The number of hydrogen-bond donors (Lipinski definition) is 2. The maximum Gasteiger partial charge on any atom is 0.305 e. The number of amides is 1. The van der Waals surface area contributed by atoms with E-state index in [1.807, 2.05) is 0 Å². The predicted molar refractivity (Wildman–Crippen MR) is 69.4 cm³/mol. The third-order valence-corrected chi connectivity index (χ3v) is 3.17. The van der Waals surface area contributed by atoms with E-state index in [9.17, 15) is 9.59 Å². The molecule has 0 aromatic heterocycles. The molecule has 0 saturated heterocycles. The Hall–Kier alpha value is -1.75. The molecule has 1 aliphatic rings. The van der Waals surface area contributed by atoms with E-state index >= 15 is 0 Å².